The number of carbonyl (C=O) groups is 1. The summed E-state index contributed by atoms with van der Waals surface area (Å²) < 4.78 is 18.8. The number of rotatable bonds is 5. The highest BCUT2D eigenvalue weighted by atomic mass is 19.1. The molecule has 3 heterocycles. The highest BCUT2D eigenvalue weighted by Gasteiger charge is 2.26. The second-order valence-corrected chi connectivity index (χ2v) is 6.88. The number of nitrogens with zero attached hydrogens (tertiary/aromatic N) is 4. The number of anilines is 3. The lowest BCUT2D eigenvalue weighted by Gasteiger charge is -2.21. The minimum Gasteiger partial charge on any atom is -0.497 e. The molecule has 0 spiro atoms. The second-order valence-electron chi connectivity index (χ2n) is 6.88. The van der Waals surface area contributed by atoms with E-state index in [1.54, 1.807) is 13.2 Å². The molecule has 4 rings (SSSR count). The van der Waals surface area contributed by atoms with E-state index in [9.17, 15) is 9.18 Å². The van der Waals surface area contributed by atoms with Crippen molar-refractivity contribution in [3.8, 4) is 5.75 Å². The maximum absolute atomic E-state index is 13.4. The first-order valence-electron chi connectivity index (χ1n) is 9.28. The number of hydrogen-bond acceptors (Lipinski definition) is 7. The predicted molar refractivity (Wildman–Crippen MR) is 108 cm³/mol. The molecule has 150 valence electrons. The third kappa shape index (κ3) is 4.18. The molecule has 29 heavy (non-hydrogen) atoms. The van der Waals surface area contributed by atoms with Gasteiger partial charge in [0.1, 0.15) is 11.6 Å². The molecular weight excluding hydrogens is 375 g/mol. The molecule has 9 heteroatoms. The van der Waals surface area contributed by atoms with Gasteiger partial charge in [-0.2, -0.15) is 9.37 Å². The van der Waals surface area contributed by atoms with Crippen LogP contribution in [0.4, 0.5) is 21.8 Å². The number of carbonyl (C=O) groups excluding carboxylic acids is 1. The number of hydrogen-bond donors (Lipinski definition) is 2. The first kappa shape index (κ1) is 18.9. The molecule has 1 atom stereocenters. The molecule has 1 aliphatic heterocycles. The van der Waals surface area contributed by atoms with Gasteiger partial charge in [0.25, 0.3) is 0 Å². The fourth-order valence-electron chi connectivity index (χ4n) is 3.48. The summed E-state index contributed by atoms with van der Waals surface area (Å²) in [5.41, 5.74) is 1.21. The van der Waals surface area contributed by atoms with Crippen LogP contribution in [0.25, 0.3) is 10.9 Å². The Morgan fingerprint density at radius 3 is 2.90 bits per heavy atom. The number of ether oxygens (including phenoxy) is 1. The van der Waals surface area contributed by atoms with E-state index in [-0.39, 0.29) is 11.9 Å². The van der Waals surface area contributed by atoms with Crippen molar-refractivity contribution in [1.29, 1.82) is 0 Å². The Balaban J connectivity index is 1.72. The fraction of sp³-hybridized carbons (Fsp3) is 0.300. The number of pyridine rings is 1. The van der Waals surface area contributed by atoms with Crippen molar-refractivity contribution >= 4 is 34.3 Å². The van der Waals surface area contributed by atoms with Gasteiger partial charge >= 0.3 is 0 Å². The lowest BCUT2D eigenvalue weighted by Crippen LogP contribution is -2.35. The van der Waals surface area contributed by atoms with E-state index in [1.807, 2.05) is 18.2 Å². The maximum atomic E-state index is 13.4. The zero-order chi connectivity index (χ0) is 20.4. The molecule has 2 aromatic heterocycles. The molecule has 2 N–H and O–H groups in total. The topological polar surface area (TPSA) is 92.3 Å². The zero-order valence-corrected chi connectivity index (χ0v) is 16.1. The average Bonchev–Trinajstić information content (AvgIpc) is 3.14. The van der Waals surface area contributed by atoms with Gasteiger partial charge in [-0.1, -0.05) is 0 Å². The first-order chi connectivity index (χ1) is 14.0. The smallest absolute Gasteiger partial charge is 0.229 e. The van der Waals surface area contributed by atoms with Crippen LogP contribution in [-0.4, -0.2) is 47.1 Å². The number of benzene rings is 1. The first-order valence-corrected chi connectivity index (χ1v) is 9.28. The van der Waals surface area contributed by atoms with Crippen molar-refractivity contribution in [2.75, 3.05) is 30.4 Å². The molecular formula is C20H21FN6O2. The average molecular weight is 396 g/mol. The highest BCUT2D eigenvalue weighted by Crippen LogP contribution is 2.31. The molecule has 0 unspecified atom stereocenters. The van der Waals surface area contributed by atoms with E-state index in [4.69, 9.17) is 4.74 Å². The van der Waals surface area contributed by atoms with Crippen LogP contribution < -0.4 is 20.3 Å². The Kier molecular flexibility index (Phi) is 5.11. The Bertz CT molecular complexity index is 1060. The van der Waals surface area contributed by atoms with Crippen molar-refractivity contribution in [3.63, 3.8) is 0 Å². The van der Waals surface area contributed by atoms with Crippen LogP contribution in [0.15, 0.2) is 36.5 Å². The largest absolute Gasteiger partial charge is 0.497 e. The van der Waals surface area contributed by atoms with Crippen LogP contribution in [0.1, 0.15) is 13.3 Å². The number of nitrogens with one attached hydrogen (secondary N) is 2. The lowest BCUT2D eigenvalue weighted by atomic mass is 10.2. The Morgan fingerprint density at radius 2 is 2.14 bits per heavy atom. The van der Waals surface area contributed by atoms with Crippen LogP contribution in [0.5, 0.6) is 5.75 Å². The normalized spacial score (nSPS) is 16.1. The molecule has 0 aliphatic carbocycles. The molecule has 1 fully saturated rings. The minimum absolute atomic E-state index is 0.0452. The summed E-state index contributed by atoms with van der Waals surface area (Å²) in [7, 11) is 1.60. The Labute approximate surface area is 167 Å². The maximum Gasteiger partial charge on any atom is 0.229 e. The summed E-state index contributed by atoms with van der Waals surface area (Å²) in [5.74, 6) is 1.14. The monoisotopic (exact) mass is 396 g/mol. The van der Waals surface area contributed by atoms with Crippen LogP contribution in [0, 0.1) is 5.95 Å². The number of methoxy groups -OCH3 is 1. The summed E-state index contributed by atoms with van der Waals surface area (Å²) in [6, 6.07) is 8.61. The van der Waals surface area contributed by atoms with Gasteiger partial charge in [-0.25, -0.2) is 9.97 Å². The number of fused-ring (bicyclic) bond motifs is 1. The van der Waals surface area contributed by atoms with E-state index in [1.165, 1.54) is 19.2 Å². The van der Waals surface area contributed by atoms with Gasteiger partial charge in [0, 0.05) is 55.5 Å². The minimum atomic E-state index is -0.588. The SMILES string of the molecule is COc1ccc2c(N3CC[C@H](NC(C)=O)C3)nc(Nc3ccnc(F)c3)nc2c1. The summed E-state index contributed by atoms with van der Waals surface area (Å²) in [4.78, 5) is 26.3. The summed E-state index contributed by atoms with van der Waals surface area (Å²) >= 11 is 0. The zero-order valence-electron chi connectivity index (χ0n) is 16.1. The van der Waals surface area contributed by atoms with E-state index >= 15 is 0 Å². The van der Waals surface area contributed by atoms with Crippen LogP contribution in [0.2, 0.25) is 0 Å². The summed E-state index contributed by atoms with van der Waals surface area (Å²) in [6.07, 6.45) is 2.21. The molecule has 8 nitrogen and oxygen atoms in total. The summed E-state index contributed by atoms with van der Waals surface area (Å²) in [5, 5.41) is 6.88. The van der Waals surface area contributed by atoms with Gasteiger partial charge in [0.05, 0.1) is 12.6 Å². The molecule has 0 bridgehead atoms. The van der Waals surface area contributed by atoms with Crippen LogP contribution in [0.3, 0.4) is 0 Å². The van der Waals surface area contributed by atoms with Crippen molar-refractivity contribution in [2.24, 2.45) is 0 Å². The fourth-order valence-corrected chi connectivity index (χ4v) is 3.48. The quantitative estimate of drug-likeness (QED) is 0.641. The van der Waals surface area contributed by atoms with Gasteiger partial charge in [0.2, 0.25) is 17.8 Å². The Hall–Kier alpha value is -3.49. The van der Waals surface area contributed by atoms with Gasteiger partial charge < -0.3 is 20.3 Å². The van der Waals surface area contributed by atoms with Crippen LogP contribution >= 0.6 is 0 Å². The van der Waals surface area contributed by atoms with E-state index in [0.29, 0.717) is 29.4 Å². The van der Waals surface area contributed by atoms with Crippen molar-refractivity contribution in [3.05, 3.63) is 42.5 Å². The van der Waals surface area contributed by atoms with Crippen molar-refractivity contribution in [1.82, 2.24) is 20.3 Å². The molecule has 0 saturated carbocycles. The predicted octanol–water partition coefficient (Wildman–Crippen LogP) is 2.63. The molecule has 1 aliphatic rings. The second kappa shape index (κ2) is 7.86. The van der Waals surface area contributed by atoms with Crippen molar-refractivity contribution < 1.29 is 13.9 Å². The Morgan fingerprint density at radius 1 is 1.28 bits per heavy atom. The third-order valence-electron chi connectivity index (χ3n) is 4.76. The molecule has 3 aromatic rings. The number of aromatic nitrogens is 3. The molecule has 1 amide bonds. The number of amides is 1. The van der Waals surface area contributed by atoms with Gasteiger partial charge in [-0.15, -0.1) is 0 Å². The highest BCUT2D eigenvalue weighted by molar-refractivity contribution is 5.92. The molecule has 1 saturated heterocycles. The number of halogens is 1. The van der Waals surface area contributed by atoms with Gasteiger partial charge in [0.15, 0.2) is 0 Å². The van der Waals surface area contributed by atoms with Crippen molar-refractivity contribution in [2.45, 2.75) is 19.4 Å². The van der Waals surface area contributed by atoms with E-state index < -0.39 is 5.95 Å². The van der Waals surface area contributed by atoms with E-state index in [2.05, 4.69) is 30.5 Å². The van der Waals surface area contributed by atoms with Gasteiger partial charge in [-0.05, 0) is 24.6 Å². The standard InChI is InChI=1S/C20H21FN6O2/c1-12(28)23-14-6-8-27(11-14)19-16-4-3-15(29-2)10-17(16)25-20(26-19)24-13-5-7-22-18(21)9-13/h3-5,7,9-10,14H,6,8,11H2,1-2H3,(H,23,28)(H,22,24,25,26)/t14-/m0/s1. The lowest BCUT2D eigenvalue weighted by molar-refractivity contribution is -0.119. The molecule has 1 aromatic carbocycles. The molecule has 0 radical (unpaired) electrons. The van der Waals surface area contributed by atoms with Gasteiger partial charge in [-0.3, -0.25) is 4.79 Å². The van der Waals surface area contributed by atoms with E-state index in [0.717, 1.165) is 24.2 Å². The third-order valence-corrected chi connectivity index (χ3v) is 4.76. The summed E-state index contributed by atoms with van der Waals surface area (Å²) in [6.45, 7) is 2.93. The van der Waals surface area contributed by atoms with Crippen LogP contribution in [-0.2, 0) is 4.79 Å².